The molecule has 1 heterocycles. The Labute approximate surface area is 86.1 Å². The third kappa shape index (κ3) is 3.94. The van der Waals surface area contributed by atoms with Gasteiger partial charge in [0.25, 0.3) is 0 Å². The van der Waals surface area contributed by atoms with Gasteiger partial charge in [-0.1, -0.05) is 13.8 Å². The molecule has 0 amide bonds. The molecule has 1 aromatic heterocycles. The molecule has 1 aromatic rings. The molecule has 0 radical (unpaired) electrons. The van der Waals surface area contributed by atoms with Crippen LogP contribution in [0.3, 0.4) is 0 Å². The highest BCUT2D eigenvalue weighted by molar-refractivity contribution is 5.02. The molecule has 0 saturated heterocycles. The molecule has 80 valence electrons. The maximum absolute atomic E-state index is 5.65. The summed E-state index contributed by atoms with van der Waals surface area (Å²) in [6.45, 7) is 7.07. The van der Waals surface area contributed by atoms with E-state index in [0.717, 1.165) is 26.1 Å². The first-order chi connectivity index (χ1) is 6.64. The molecule has 0 aliphatic rings. The number of nitrogens with one attached hydrogen (secondary N) is 2. The second kappa shape index (κ2) is 5.17. The van der Waals surface area contributed by atoms with Crippen molar-refractivity contribution in [2.75, 3.05) is 13.1 Å². The van der Waals surface area contributed by atoms with E-state index in [1.807, 2.05) is 12.3 Å². The monoisotopic (exact) mass is 195 g/mol. The maximum atomic E-state index is 5.65. The number of rotatable bonds is 6. The number of hydrogen-bond acceptors (Lipinski definition) is 2. The molecule has 3 nitrogen and oxygen atoms in total. The lowest BCUT2D eigenvalue weighted by molar-refractivity contribution is 0.339. The van der Waals surface area contributed by atoms with Crippen molar-refractivity contribution in [2.45, 2.75) is 26.8 Å². The predicted molar refractivity (Wildman–Crippen MR) is 60.0 cm³/mol. The highest BCUT2D eigenvalue weighted by Crippen LogP contribution is 2.16. The van der Waals surface area contributed by atoms with Crippen molar-refractivity contribution in [1.82, 2.24) is 10.3 Å². The highest BCUT2D eigenvalue weighted by Gasteiger charge is 2.14. The lowest BCUT2D eigenvalue weighted by atomic mass is 9.90. The number of nitrogens with two attached hydrogens (primary N) is 1. The molecule has 0 aromatic carbocycles. The summed E-state index contributed by atoms with van der Waals surface area (Å²) in [5.74, 6) is 0. The molecule has 0 unspecified atom stereocenters. The smallest absolute Gasteiger partial charge is 0.0357 e. The van der Waals surface area contributed by atoms with Crippen LogP contribution >= 0.6 is 0 Å². The van der Waals surface area contributed by atoms with Crippen molar-refractivity contribution in [3.05, 3.63) is 24.0 Å². The van der Waals surface area contributed by atoms with Crippen molar-refractivity contribution in [2.24, 2.45) is 11.1 Å². The van der Waals surface area contributed by atoms with Gasteiger partial charge in [0.05, 0.1) is 0 Å². The predicted octanol–water partition coefficient (Wildman–Crippen LogP) is 1.48. The van der Waals surface area contributed by atoms with Crippen LogP contribution in [0, 0.1) is 5.41 Å². The number of aromatic amines is 1. The molecule has 0 bridgehead atoms. The van der Waals surface area contributed by atoms with E-state index in [0.29, 0.717) is 0 Å². The summed E-state index contributed by atoms with van der Waals surface area (Å²) in [6.07, 6.45) is 3.06. The Balaban J connectivity index is 2.11. The Kier molecular flexibility index (Phi) is 4.17. The molecule has 0 aliphatic carbocycles. The third-order valence-corrected chi connectivity index (χ3v) is 2.51. The molecule has 0 spiro atoms. The summed E-state index contributed by atoms with van der Waals surface area (Å²) >= 11 is 0. The van der Waals surface area contributed by atoms with Gasteiger partial charge in [-0.3, -0.25) is 0 Å². The molecule has 3 heteroatoms. The molecule has 1 rings (SSSR count). The zero-order valence-corrected chi connectivity index (χ0v) is 9.14. The summed E-state index contributed by atoms with van der Waals surface area (Å²) in [5.41, 5.74) is 7.13. The summed E-state index contributed by atoms with van der Waals surface area (Å²) in [4.78, 5) is 3.16. The first-order valence-corrected chi connectivity index (χ1v) is 5.17. The van der Waals surface area contributed by atoms with Crippen molar-refractivity contribution < 1.29 is 0 Å². The van der Waals surface area contributed by atoms with Crippen LogP contribution in [0.1, 0.15) is 26.0 Å². The lowest BCUT2D eigenvalue weighted by Gasteiger charge is -2.22. The van der Waals surface area contributed by atoms with E-state index in [2.05, 4.69) is 30.2 Å². The van der Waals surface area contributed by atoms with Gasteiger partial charge in [0.1, 0.15) is 0 Å². The first-order valence-electron chi connectivity index (χ1n) is 5.17. The van der Waals surface area contributed by atoms with Gasteiger partial charge in [-0.05, 0) is 37.1 Å². The Hall–Kier alpha value is -0.800. The minimum absolute atomic E-state index is 0.253. The minimum Gasteiger partial charge on any atom is -0.364 e. The normalized spacial score (nSPS) is 11.9. The van der Waals surface area contributed by atoms with E-state index >= 15 is 0 Å². The maximum Gasteiger partial charge on any atom is 0.0357 e. The molecular formula is C11H21N3. The first kappa shape index (κ1) is 11.3. The van der Waals surface area contributed by atoms with E-state index in [-0.39, 0.29) is 5.41 Å². The quantitative estimate of drug-likeness (QED) is 0.602. The van der Waals surface area contributed by atoms with Crippen LogP contribution in [0.2, 0.25) is 0 Å². The average molecular weight is 195 g/mol. The minimum atomic E-state index is 0.253. The Morgan fingerprint density at radius 1 is 1.50 bits per heavy atom. The fourth-order valence-corrected chi connectivity index (χ4v) is 1.23. The van der Waals surface area contributed by atoms with Gasteiger partial charge in [-0.25, -0.2) is 0 Å². The van der Waals surface area contributed by atoms with Crippen LogP contribution in [-0.4, -0.2) is 18.1 Å². The molecular weight excluding hydrogens is 174 g/mol. The van der Waals surface area contributed by atoms with Crippen molar-refractivity contribution >= 4 is 0 Å². The molecule has 0 fully saturated rings. The standard InChI is InChI=1S/C11H21N3/c1-11(2,9-12)5-7-13-8-10-4-3-6-14-10/h3-4,6,13-14H,5,7-9,12H2,1-2H3. The molecule has 0 saturated carbocycles. The largest absolute Gasteiger partial charge is 0.364 e. The lowest BCUT2D eigenvalue weighted by Crippen LogP contribution is -2.28. The summed E-state index contributed by atoms with van der Waals surface area (Å²) in [5, 5.41) is 3.39. The number of aromatic nitrogens is 1. The zero-order chi connectivity index (χ0) is 10.4. The second-order valence-corrected chi connectivity index (χ2v) is 4.49. The van der Waals surface area contributed by atoms with Crippen LogP contribution in [0.5, 0.6) is 0 Å². The van der Waals surface area contributed by atoms with Gasteiger partial charge in [0, 0.05) is 18.4 Å². The number of H-pyrrole nitrogens is 1. The van der Waals surface area contributed by atoms with Crippen LogP contribution in [-0.2, 0) is 6.54 Å². The summed E-state index contributed by atoms with van der Waals surface area (Å²) < 4.78 is 0. The van der Waals surface area contributed by atoms with E-state index in [1.54, 1.807) is 0 Å². The van der Waals surface area contributed by atoms with Gasteiger partial charge in [0.2, 0.25) is 0 Å². The van der Waals surface area contributed by atoms with Crippen LogP contribution < -0.4 is 11.1 Å². The highest BCUT2D eigenvalue weighted by atomic mass is 14.9. The molecule has 4 N–H and O–H groups in total. The fourth-order valence-electron chi connectivity index (χ4n) is 1.23. The average Bonchev–Trinajstić information content (AvgIpc) is 2.65. The second-order valence-electron chi connectivity index (χ2n) is 4.49. The van der Waals surface area contributed by atoms with E-state index in [4.69, 9.17) is 5.73 Å². The van der Waals surface area contributed by atoms with Crippen LogP contribution in [0.15, 0.2) is 18.3 Å². The van der Waals surface area contributed by atoms with E-state index in [9.17, 15) is 0 Å². The van der Waals surface area contributed by atoms with E-state index in [1.165, 1.54) is 5.69 Å². The summed E-state index contributed by atoms with van der Waals surface area (Å²) in [7, 11) is 0. The van der Waals surface area contributed by atoms with Crippen molar-refractivity contribution in [3.63, 3.8) is 0 Å². The number of hydrogen-bond donors (Lipinski definition) is 3. The Bertz CT molecular complexity index is 239. The molecule has 0 aliphatic heterocycles. The van der Waals surface area contributed by atoms with Crippen LogP contribution in [0.4, 0.5) is 0 Å². The van der Waals surface area contributed by atoms with Gasteiger partial charge in [0.15, 0.2) is 0 Å². The van der Waals surface area contributed by atoms with Crippen molar-refractivity contribution in [3.8, 4) is 0 Å². The summed E-state index contributed by atoms with van der Waals surface area (Å²) in [6, 6.07) is 4.10. The van der Waals surface area contributed by atoms with Crippen molar-refractivity contribution in [1.29, 1.82) is 0 Å². The topological polar surface area (TPSA) is 53.8 Å². The molecule has 14 heavy (non-hydrogen) atoms. The van der Waals surface area contributed by atoms with Gasteiger partial charge in [-0.2, -0.15) is 0 Å². The van der Waals surface area contributed by atoms with E-state index < -0.39 is 0 Å². The fraction of sp³-hybridized carbons (Fsp3) is 0.636. The molecule has 0 atom stereocenters. The van der Waals surface area contributed by atoms with Gasteiger partial charge in [-0.15, -0.1) is 0 Å². The van der Waals surface area contributed by atoms with Gasteiger partial charge < -0.3 is 16.0 Å². The Morgan fingerprint density at radius 3 is 2.86 bits per heavy atom. The zero-order valence-electron chi connectivity index (χ0n) is 9.14. The van der Waals surface area contributed by atoms with Gasteiger partial charge >= 0.3 is 0 Å². The Morgan fingerprint density at radius 2 is 2.29 bits per heavy atom. The third-order valence-electron chi connectivity index (χ3n) is 2.51. The SMILES string of the molecule is CC(C)(CN)CCNCc1ccc[nH]1. The van der Waals surface area contributed by atoms with Crippen LogP contribution in [0.25, 0.3) is 0 Å².